The first-order chi connectivity index (χ1) is 6.95. The number of rotatable bonds is 1. The lowest BCUT2D eigenvalue weighted by molar-refractivity contribution is 0.573. The predicted octanol–water partition coefficient (Wildman–Crippen LogP) is 1.85. The third-order valence-electron chi connectivity index (χ3n) is 2.45. The van der Waals surface area contributed by atoms with Crippen molar-refractivity contribution in [1.29, 1.82) is 0 Å². The topological polar surface area (TPSA) is 43.6 Å². The largest absolute Gasteiger partial charge is 0.262 e. The van der Waals surface area contributed by atoms with E-state index in [0.29, 0.717) is 5.37 Å². The van der Waals surface area contributed by atoms with Crippen LogP contribution in [-0.4, -0.2) is 25.7 Å². The Balaban J connectivity index is 2.11. The fourth-order valence-electron chi connectivity index (χ4n) is 1.76. The lowest BCUT2D eigenvalue weighted by Crippen LogP contribution is -2.03. The van der Waals surface area contributed by atoms with Crippen molar-refractivity contribution in [2.45, 2.75) is 18.2 Å². The molecule has 3 heterocycles. The SMILES string of the molecule is c1cc2c(cn1)nnn2C1CCCS1. The van der Waals surface area contributed by atoms with E-state index >= 15 is 0 Å². The van der Waals surface area contributed by atoms with Crippen molar-refractivity contribution in [3.05, 3.63) is 18.5 Å². The molecule has 72 valence electrons. The molecule has 0 saturated carbocycles. The normalized spacial score (nSPS) is 21.9. The summed E-state index contributed by atoms with van der Waals surface area (Å²) in [6.07, 6.45) is 6.04. The first-order valence-electron chi connectivity index (χ1n) is 4.72. The van der Waals surface area contributed by atoms with Gasteiger partial charge in [-0.15, -0.1) is 16.9 Å². The molecule has 1 unspecified atom stereocenters. The summed E-state index contributed by atoms with van der Waals surface area (Å²) in [5.74, 6) is 1.23. The Labute approximate surface area is 85.7 Å². The highest BCUT2D eigenvalue weighted by molar-refractivity contribution is 7.99. The van der Waals surface area contributed by atoms with Crippen LogP contribution < -0.4 is 0 Å². The Morgan fingerprint density at radius 1 is 1.50 bits per heavy atom. The van der Waals surface area contributed by atoms with Gasteiger partial charge in [-0.25, -0.2) is 4.68 Å². The average Bonchev–Trinajstić information content (AvgIpc) is 2.85. The predicted molar refractivity (Wildman–Crippen MR) is 56.1 cm³/mol. The van der Waals surface area contributed by atoms with Gasteiger partial charge in [0.2, 0.25) is 0 Å². The standard InChI is InChI=1S/C9H10N4S/c1-2-9(14-5-1)13-8-3-4-10-6-7(8)11-12-13/h3-4,6,9H,1-2,5H2. The molecule has 1 atom stereocenters. The van der Waals surface area contributed by atoms with Crippen molar-refractivity contribution in [3.8, 4) is 0 Å². The molecule has 2 aromatic rings. The Bertz CT molecular complexity index is 447. The molecular formula is C9H10N4S. The van der Waals surface area contributed by atoms with Crippen molar-refractivity contribution in [2.75, 3.05) is 5.75 Å². The number of hydrogen-bond acceptors (Lipinski definition) is 4. The molecule has 5 heteroatoms. The van der Waals surface area contributed by atoms with Gasteiger partial charge in [0.25, 0.3) is 0 Å². The maximum absolute atomic E-state index is 4.18. The highest BCUT2D eigenvalue weighted by Crippen LogP contribution is 2.36. The van der Waals surface area contributed by atoms with Gasteiger partial charge in [0, 0.05) is 6.20 Å². The van der Waals surface area contributed by atoms with Crippen LogP contribution in [0.3, 0.4) is 0 Å². The highest BCUT2D eigenvalue weighted by Gasteiger charge is 2.20. The van der Waals surface area contributed by atoms with E-state index in [4.69, 9.17) is 0 Å². The molecule has 1 aliphatic heterocycles. The summed E-state index contributed by atoms with van der Waals surface area (Å²) in [6.45, 7) is 0. The lowest BCUT2D eigenvalue weighted by Gasteiger charge is -2.08. The Morgan fingerprint density at radius 2 is 2.50 bits per heavy atom. The van der Waals surface area contributed by atoms with Gasteiger partial charge in [-0.3, -0.25) is 4.98 Å². The molecule has 1 saturated heterocycles. The van der Waals surface area contributed by atoms with Crippen molar-refractivity contribution in [3.63, 3.8) is 0 Å². The zero-order valence-electron chi connectivity index (χ0n) is 7.63. The van der Waals surface area contributed by atoms with E-state index < -0.39 is 0 Å². The van der Waals surface area contributed by atoms with Crippen molar-refractivity contribution in [1.82, 2.24) is 20.0 Å². The second kappa shape index (κ2) is 3.24. The number of hydrogen-bond donors (Lipinski definition) is 0. The summed E-state index contributed by atoms with van der Waals surface area (Å²) in [7, 11) is 0. The van der Waals surface area contributed by atoms with Gasteiger partial charge in [0.05, 0.1) is 17.1 Å². The highest BCUT2D eigenvalue weighted by atomic mass is 32.2. The van der Waals surface area contributed by atoms with Crippen molar-refractivity contribution < 1.29 is 0 Å². The van der Waals surface area contributed by atoms with Gasteiger partial charge in [-0.1, -0.05) is 5.21 Å². The third kappa shape index (κ3) is 1.19. The Hall–Kier alpha value is -1.10. The first-order valence-corrected chi connectivity index (χ1v) is 5.76. The average molecular weight is 206 g/mol. The molecule has 0 bridgehead atoms. The molecule has 0 aromatic carbocycles. The number of aromatic nitrogens is 4. The minimum atomic E-state index is 0.474. The van der Waals surface area contributed by atoms with E-state index in [9.17, 15) is 0 Å². The minimum absolute atomic E-state index is 0.474. The number of pyridine rings is 1. The zero-order chi connectivity index (χ0) is 9.38. The Morgan fingerprint density at radius 3 is 3.36 bits per heavy atom. The summed E-state index contributed by atoms with van der Waals surface area (Å²) in [5.41, 5.74) is 1.99. The summed E-state index contributed by atoms with van der Waals surface area (Å²) in [5, 5.41) is 8.76. The number of thioether (sulfide) groups is 1. The second-order valence-corrected chi connectivity index (χ2v) is 4.65. The summed E-state index contributed by atoms with van der Waals surface area (Å²) >= 11 is 1.95. The number of nitrogens with zero attached hydrogens (tertiary/aromatic N) is 4. The van der Waals surface area contributed by atoms with E-state index in [1.165, 1.54) is 18.6 Å². The summed E-state index contributed by atoms with van der Waals surface area (Å²) in [6, 6.07) is 1.98. The molecule has 0 radical (unpaired) electrons. The van der Waals surface area contributed by atoms with Crippen LogP contribution in [0.1, 0.15) is 18.2 Å². The summed E-state index contributed by atoms with van der Waals surface area (Å²) in [4.78, 5) is 4.03. The molecule has 0 aliphatic carbocycles. The van der Waals surface area contributed by atoms with E-state index in [2.05, 4.69) is 15.3 Å². The molecule has 0 spiro atoms. The molecule has 1 aliphatic rings. The van der Waals surface area contributed by atoms with Crippen LogP contribution in [0.25, 0.3) is 11.0 Å². The van der Waals surface area contributed by atoms with Gasteiger partial charge in [0.1, 0.15) is 5.52 Å². The molecule has 4 nitrogen and oxygen atoms in total. The molecule has 14 heavy (non-hydrogen) atoms. The smallest absolute Gasteiger partial charge is 0.131 e. The van der Waals surface area contributed by atoms with E-state index in [0.717, 1.165) is 11.0 Å². The van der Waals surface area contributed by atoms with E-state index in [1.54, 1.807) is 12.4 Å². The maximum atomic E-state index is 4.18. The molecular weight excluding hydrogens is 196 g/mol. The van der Waals surface area contributed by atoms with E-state index in [-0.39, 0.29) is 0 Å². The van der Waals surface area contributed by atoms with Crippen LogP contribution in [0.5, 0.6) is 0 Å². The first kappa shape index (κ1) is 8.23. The van der Waals surface area contributed by atoms with Gasteiger partial charge >= 0.3 is 0 Å². The molecule has 0 amide bonds. The van der Waals surface area contributed by atoms with Gasteiger partial charge in [-0.05, 0) is 24.7 Å². The molecule has 3 rings (SSSR count). The summed E-state index contributed by atoms with van der Waals surface area (Å²) < 4.78 is 2.02. The minimum Gasteiger partial charge on any atom is -0.262 e. The van der Waals surface area contributed by atoms with Gasteiger partial charge < -0.3 is 0 Å². The molecule has 2 aromatic heterocycles. The second-order valence-electron chi connectivity index (χ2n) is 3.37. The van der Waals surface area contributed by atoms with Gasteiger partial charge in [-0.2, -0.15) is 0 Å². The van der Waals surface area contributed by atoms with Crippen LogP contribution in [0.2, 0.25) is 0 Å². The quantitative estimate of drug-likeness (QED) is 0.714. The van der Waals surface area contributed by atoms with Crippen molar-refractivity contribution >= 4 is 22.8 Å². The fraction of sp³-hybridized carbons (Fsp3) is 0.444. The molecule has 0 N–H and O–H groups in total. The van der Waals surface area contributed by atoms with Crippen LogP contribution in [0.15, 0.2) is 18.5 Å². The molecule has 1 fully saturated rings. The van der Waals surface area contributed by atoms with E-state index in [1.807, 2.05) is 22.5 Å². The Kier molecular flexibility index (Phi) is 1.90. The monoisotopic (exact) mass is 206 g/mol. The zero-order valence-corrected chi connectivity index (χ0v) is 8.44. The van der Waals surface area contributed by atoms with Crippen LogP contribution in [0.4, 0.5) is 0 Å². The van der Waals surface area contributed by atoms with Crippen LogP contribution in [0, 0.1) is 0 Å². The fourth-order valence-corrected chi connectivity index (χ4v) is 3.00. The maximum Gasteiger partial charge on any atom is 0.131 e. The van der Waals surface area contributed by atoms with Crippen molar-refractivity contribution in [2.24, 2.45) is 0 Å². The van der Waals surface area contributed by atoms with Crippen LogP contribution >= 0.6 is 11.8 Å². The van der Waals surface area contributed by atoms with Gasteiger partial charge in [0.15, 0.2) is 0 Å². The van der Waals surface area contributed by atoms with Crippen LogP contribution in [-0.2, 0) is 0 Å². The lowest BCUT2D eigenvalue weighted by atomic mass is 10.3. The third-order valence-corrected chi connectivity index (χ3v) is 3.80. The number of fused-ring (bicyclic) bond motifs is 1.